The molecule has 0 atom stereocenters. The van der Waals surface area contributed by atoms with Crippen LogP contribution in [-0.4, -0.2) is 21.6 Å². The van der Waals surface area contributed by atoms with Gasteiger partial charge in [-0.2, -0.15) is 5.10 Å². The number of thiophene rings is 1. The third-order valence-corrected chi connectivity index (χ3v) is 5.56. The Bertz CT molecular complexity index is 1100. The predicted octanol–water partition coefficient (Wildman–Crippen LogP) is 4.75. The van der Waals surface area contributed by atoms with Gasteiger partial charge in [-0.15, -0.1) is 11.3 Å². The zero-order chi connectivity index (χ0) is 20.6. The molecule has 0 fully saturated rings. The van der Waals surface area contributed by atoms with Crippen LogP contribution >= 0.6 is 11.3 Å². The Morgan fingerprint density at radius 3 is 2.57 bits per heavy atom. The normalized spacial score (nSPS) is 12.0. The van der Waals surface area contributed by atoms with E-state index in [0.717, 1.165) is 21.7 Å². The van der Waals surface area contributed by atoms with Crippen LogP contribution in [0.4, 0.5) is 5.69 Å². The molecule has 2 heterocycles. The highest BCUT2D eigenvalue weighted by Crippen LogP contribution is 2.29. The van der Waals surface area contributed by atoms with Gasteiger partial charge >= 0.3 is 0 Å². The molecular formula is C20H22N4O3S. The number of rotatable bonds is 4. The van der Waals surface area contributed by atoms with Crippen LogP contribution in [-0.2, 0) is 5.54 Å². The van der Waals surface area contributed by atoms with Crippen molar-refractivity contribution in [1.29, 1.82) is 0 Å². The van der Waals surface area contributed by atoms with Crippen molar-refractivity contribution in [2.45, 2.75) is 40.2 Å². The van der Waals surface area contributed by atoms with E-state index >= 15 is 0 Å². The smallest absolute Gasteiger partial charge is 0.281 e. The van der Waals surface area contributed by atoms with E-state index in [0.29, 0.717) is 10.3 Å². The quantitative estimate of drug-likeness (QED) is 0.391. The Hall–Kier alpha value is -3.00. The lowest BCUT2D eigenvalue weighted by molar-refractivity contribution is -0.384. The van der Waals surface area contributed by atoms with Gasteiger partial charge in [-0.3, -0.25) is 14.9 Å². The van der Waals surface area contributed by atoms with Gasteiger partial charge in [-0.25, -0.2) is 5.43 Å². The second-order valence-electron chi connectivity index (χ2n) is 7.62. The van der Waals surface area contributed by atoms with Gasteiger partial charge < -0.3 is 4.57 Å². The fraction of sp³-hybridized carbons (Fsp3) is 0.300. The summed E-state index contributed by atoms with van der Waals surface area (Å²) in [4.78, 5) is 23.3. The first-order valence-electron chi connectivity index (χ1n) is 8.79. The molecule has 0 saturated heterocycles. The molecule has 3 aromatic rings. The second kappa shape index (κ2) is 7.20. The van der Waals surface area contributed by atoms with Crippen LogP contribution in [0.15, 0.2) is 35.4 Å². The van der Waals surface area contributed by atoms with Crippen LogP contribution in [0.2, 0.25) is 0 Å². The van der Waals surface area contributed by atoms with E-state index in [-0.39, 0.29) is 17.1 Å². The number of hydrazone groups is 1. The minimum atomic E-state index is -0.449. The molecule has 28 heavy (non-hydrogen) atoms. The van der Waals surface area contributed by atoms with E-state index in [4.69, 9.17) is 0 Å². The molecule has 8 heteroatoms. The highest BCUT2D eigenvalue weighted by Gasteiger charge is 2.19. The lowest BCUT2D eigenvalue weighted by atomic mass is 10.1. The zero-order valence-corrected chi connectivity index (χ0v) is 17.3. The number of aryl methyl sites for hydroxylation is 1. The number of nitrogens with zero attached hydrogens (tertiary/aromatic N) is 3. The molecule has 0 saturated carbocycles. The molecule has 0 aliphatic heterocycles. The lowest BCUT2D eigenvalue weighted by Crippen LogP contribution is -2.24. The molecule has 0 unspecified atom stereocenters. The van der Waals surface area contributed by atoms with E-state index in [1.54, 1.807) is 18.3 Å². The lowest BCUT2D eigenvalue weighted by Gasteiger charge is -2.25. The van der Waals surface area contributed by atoms with Gasteiger partial charge in [-0.05, 0) is 52.8 Å². The summed E-state index contributed by atoms with van der Waals surface area (Å²) >= 11 is 1.27. The molecule has 0 radical (unpaired) electrons. The maximum atomic E-state index is 12.4. The number of non-ortho nitro benzene ring substituents is 1. The van der Waals surface area contributed by atoms with Crippen molar-refractivity contribution in [3.63, 3.8) is 0 Å². The van der Waals surface area contributed by atoms with Crippen molar-refractivity contribution >= 4 is 39.2 Å². The summed E-state index contributed by atoms with van der Waals surface area (Å²) in [6, 6.07) is 8.23. The van der Waals surface area contributed by atoms with Crippen molar-refractivity contribution in [2.24, 2.45) is 5.10 Å². The van der Waals surface area contributed by atoms with Crippen LogP contribution in [0.5, 0.6) is 0 Å². The molecule has 1 amide bonds. The average molecular weight is 398 g/mol. The number of fused-ring (bicyclic) bond motifs is 1. The number of nitro benzene ring substituents is 1. The molecule has 1 aromatic carbocycles. The van der Waals surface area contributed by atoms with Crippen LogP contribution in [0, 0.1) is 24.0 Å². The predicted molar refractivity (Wildman–Crippen MR) is 112 cm³/mol. The molecule has 7 nitrogen and oxygen atoms in total. The standard InChI is InChI=1S/C20H22N4O3S/c1-12-8-15(13(2)23(12)20(3,4)5)11-21-22-19(25)18-10-14-9-16(24(26)27)6-7-17(14)28-18/h6-11H,1-5H3,(H,22,25). The minimum Gasteiger partial charge on any atom is -0.343 e. The van der Waals surface area contributed by atoms with Crippen LogP contribution in [0.25, 0.3) is 10.1 Å². The van der Waals surface area contributed by atoms with Crippen LogP contribution in [0.1, 0.15) is 47.4 Å². The second-order valence-corrected chi connectivity index (χ2v) is 8.71. The maximum absolute atomic E-state index is 12.4. The number of nitrogens with one attached hydrogen (secondary N) is 1. The Labute approximate surface area is 166 Å². The van der Waals surface area contributed by atoms with Crippen molar-refractivity contribution < 1.29 is 9.72 Å². The van der Waals surface area contributed by atoms with E-state index in [2.05, 4.69) is 35.9 Å². The molecule has 1 N–H and O–H groups in total. The van der Waals surface area contributed by atoms with Crippen molar-refractivity contribution in [1.82, 2.24) is 9.99 Å². The van der Waals surface area contributed by atoms with Crippen LogP contribution < -0.4 is 5.43 Å². The largest absolute Gasteiger partial charge is 0.343 e. The fourth-order valence-electron chi connectivity index (χ4n) is 3.42. The summed E-state index contributed by atoms with van der Waals surface area (Å²) in [6.07, 6.45) is 1.64. The highest BCUT2D eigenvalue weighted by atomic mass is 32.1. The average Bonchev–Trinajstić information content (AvgIpc) is 3.14. The third kappa shape index (κ3) is 3.82. The summed E-state index contributed by atoms with van der Waals surface area (Å²) in [5.41, 5.74) is 5.66. The van der Waals surface area contributed by atoms with E-state index in [1.165, 1.54) is 23.5 Å². The van der Waals surface area contributed by atoms with E-state index < -0.39 is 4.92 Å². The molecule has 0 aliphatic carbocycles. The van der Waals surface area contributed by atoms with Gasteiger partial charge in [0.25, 0.3) is 11.6 Å². The van der Waals surface area contributed by atoms with Gasteiger partial charge in [-0.1, -0.05) is 0 Å². The summed E-state index contributed by atoms with van der Waals surface area (Å²) < 4.78 is 3.04. The number of aromatic nitrogens is 1. The molecule has 3 rings (SSSR count). The van der Waals surface area contributed by atoms with Gasteiger partial charge in [0.15, 0.2) is 0 Å². The number of benzene rings is 1. The van der Waals surface area contributed by atoms with Gasteiger partial charge in [0, 0.05) is 44.7 Å². The number of amides is 1. The van der Waals surface area contributed by atoms with Crippen molar-refractivity contribution in [3.05, 3.63) is 62.3 Å². The highest BCUT2D eigenvalue weighted by molar-refractivity contribution is 7.20. The number of hydrogen-bond acceptors (Lipinski definition) is 5. The van der Waals surface area contributed by atoms with Gasteiger partial charge in [0.05, 0.1) is 16.0 Å². The monoisotopic (exact) mass is 398 g/mol. The van der Waals surface area contributed by atoms with Crippen molar-refractivity contribution in [3.8, 4) is 0 Å². The zero-order valence-electron chi connectivity index (χ0n) is 16.4. The molecular weight excluding hydrogens is 376 g/mol. The van der Waals surface area contributed by atoms with E-state index in [1.807, 2.05) is 19.9 Å². The Balaban J connectivity index is 1.77. The maximum Gasteiger partial charge on any atom is 0.281 e. The fourth-order valence-corrected chi connectivity index (χ4v) is 4.36. The molecule has 2 aromatic heterocycles. The molecule has 0 bridgehead atoms. The number of nitro groups is 1. The van der Waals surface area contributed by atoms with E-state index in [9.17, 15) is 14.9 Å². The summed E-state index contributed by atoms with van der Waals surface area (Å²) in [6.45, 7) is 10.5. The SMILES string of the molecule is Cc1cc(C=NNC(=O)c2cc3cc([N+](=O)[O-])ccc3s2)c(C)n1C(C)(C)C. The van der Waals surface area contributed by atoms with Gasteiger partial charge in [0.1, 0.15) is 0 Å². The number of hydrogen-bond donors (Lipinski definition) is 1. The summed E-state index contributed by atoms with van der Waals surface area (Å²) in [5, 5.41) is 15.6. The Morgan fingerprint density at radius 2 is 1.96 bits per heavy atom. The summed E-state index contributed by atoms with van der Waals surface area (Å²) in [5.74, 6) is -0.343. The first-order valence-corrected chi connectivity index (χ1v) is 9.60. The topological polar surface area (TPSA) is 89.5 Å². The van der Waals surface area contributed by atoms with Crippen LogP contribution in [0.3, 0.4) is 0 Å². The molecule has 0 aliphatic rings. The number of carbonyl (C=O) groups excluding carboxylic acids is 1. The Kier molecular flexibility index (Phi) is 5.08. The van der Waals surface area contributed by atoms with Crippen molar-refractivity contribution in [2.75, 3.05) is 0 Å². The Morgan fingerprint density at radius 1 is 1.25 bits per heavy atom. The molecule has 0 spiro atoms. The third-order valence-electron chi connectivity index (χ3n) is 4.45. The summed E-state index contributed by atoms with van der Waals surface area (Å²) in [7, 11) is 0. The first kappa shape index (κ1) is 19.8. The molecule has 146 valence electrons. The minimum absolute atomic E-state index is 0.00415. The number of carbonyl (C=O) groups is 1. The first-order chi connectivity index (χ1) is 13.1. The van der Waals surface area contributed by atoms with Gasteiger partial charge in [0.2, 0.25) is 0 Å².